The number of nitrogens with zero attached hydrogens (tertiary/aromatic N) is 3. The van der Waals surface area contributed by atoms with Crippen molar-refractivity contribution in [2.45, 2.75) is 32.5 Å². The Hall–Kier alpha value is -3.72. The van der Waals surface area contributed by atoms with Gasteiger partial charge in [-0.15, -0.1) is 0 Å². The van der Waals surface area contributed by atoms with Gasteiger partial charge < -0.3 is 14.2 Å². The van der Waals surface area contributed by atoms with Gasteiger partial charge in [0.05, 0.1) is 17.2 Å². The summed E-state index contributed by atoms with van der Waals surface area (Å²) in [5.41, 5.74) is 3.99. The van der Waals surface area contributed by atoms with Crippen molar-refractivity contribution in [2.75, 3.05) is 6.79 Å². The molecule has 0 fully saturated rings. The molecule has 1 aromatic heterocycles. The first-order valence-electron chi connectivity index (χ1n) is 9.96. The van der Waals surface area contributed by atoms with Crippen LogP contribution in [0.3, 0.4) is 0 Å². The molecule has 1 aliphatic carbocycles. The van der Waals surface area contributed by atoms with Crippen molar-refractivity contribution < 1.29 is 23.9 Å². The summed E-state index contributed by atoms with van der Waals surface area (Å²) in [6.07, 6.45) is 2.56. The molecule has 0 N–H and O–H groups in total. The summed E-state index contributed by atoms with van der Waals surface area (Å²) in [5, 5.41) is 15.8. The Labute approximate surface area is 177 Å². The second kappa shape index (κ2) is 7.84. The van der Waals surface area contributed by atoms with Crippen LogP contribution in [-0.4, -0.2) is 27.5 Å². The van der Waals surface area contributed by atoms with E-state index in [1.54, 1.807) is 4.68 Å². The lowest BCUT2D eigenvalue weighted by Crippen LogP contribution is -2.15. The van der Waals surface area contributed by atoms with Crippen LogP contribution in [0.1, 0.15) is 39.3 Å². The van der Waals surface area contributed by atoms with Gasteiger partial charge in [-0.3, -0.25) is 10.1 Å². The molecule has 31 heavy (non-hydrogen) atoms. The van der Waals surface area contributed by atoms with Gasteiger partial charge in [-0.2, -0.15) is 5.10 Å². The highest BCUT2D eigenvalue weighted by atomic mass is 16.7. The van der Waals surface area contributed by atoms with E-state index in [0.717, 1.165) is 36.2 Å². The van der Waals surface area contributed by atoms with Gasteiger partial charge in [-0.25, -0.2) is 9.48 Å². The van der Waals surface area contributed by atoms with Gasteiger partial charge in [0.1, 0.15) is 12.4 Å². The van der Waals surface area contributed by atoms with Crippen molar-refractivity contribution >= 4 is 11.7 Å². The smallest absolute Gasteiger partial charge is 0.359 e. The third kappa shape index (κ3) is 3.53. The van der Waals surface area contributed by atoms with Crippen LogP contribution in [0.5, 0.6) is 5.75 Å². The number of carbonyl (C=O) groups excluding carboxylic acids is 1. The van der Waals surface area contributed by atoms with E-state index >= 15 is 0 Å². The molecule has 1 aliphatic heterocycles. The van der Waals surface area contributed by atoms with Gasteiger partial charge >= 0.3 is 5.97 Å². The number of para-hydroxylation sites is 1. The molecule has 0 unspecified atom stereocenters. The summed E-state index contributed by atoms with van der Waals surface area (Å²) < 4.78 is 18.0. The number of non-ortho nitro benzene ring substituents is 1. The molecule has 0 bridgehead atoms. The van der Waals surface area contributed by atoms with Crippen LogP contribution in [0.25, 0.3) is 5.69 Å². The number of rotatable bonds is 5. The summed E-state index contributed by atoms with van der Waals surface area (Å²) in [6.45, 7) is 0.0868. The quantitative estimate of drug-likeness (QED) is 0.353. The normalized spacial score (nSPS) is 14.5. The highest BCUT2D eigenvalue weighted by Crippen LogP contribution is 2.34. The van der Waals surface area contributed by atoms with Crippen molar-refractivity contribution in [1.29, 1.82) is 0 Å². The molecule has 9 heteroatoms. The number of esters is 1. The summed E-state index contributed by atoms with van der Waals surface area (Å²) >= 11 is 0. The zero-order chi connectivity index (χ0) is 21.4. The van der Waals surface area contributed by atoms with Gasteiger partial charge in [0.2, 0.25) is 0 Å². The molecule has 158 valence electrons. The van der Waals surface area contributed by atoms with Gasteiger partial charge in [-0.05, 0) is 31.4 Å². The van der Waals surface area contributed by atoms with Crippen molar-refractivity contribution in [1.82, 2.24) is 9.78 Å². The molecule has 3 aromatic rings. The standard InChI is InChI=1S/C22H19N3O6/c26-22(20-18-7-4-8-19(18)24(23-20)16-5-2-1-3-6-16)30-12-15-10-17(25(27)28)9-14-11-29-13-31-21(14)15/h1-3,5-6,9-10H,4,7-8,11-13H2. The highest BCUT2D eigenvalue weighted by Gasteiger charge is 2.28. The lowest BCUT2D eigenvalue weighted by molar-refractivity contribution is -0.385. The fraction of sp³-hybridized carbons (Fsp3) is 0.273. The maximum absolute atomic E-state index is 12.9. The Balaban J connectivity index is 1.42. The minimum Gasteiger partial charge on any atom is -0.467 e. The molecule has 0 radical (unpaired) electrons. The maximum atomic E-state index is 12.9. The number of benzene rings is 2. The number of hydrogen-bond donors (Lipinski definition) is 0. The zero-order valence-corrected chi connectivity index (χ0v) is 16.6. The van der Waals surface area contributed by atoms with Crippen LogP contribution >= 0.6 is 0 Å². The van der Waals surface area contributed by atoms with E-state index < -0.39 is 10.9 Å². The largest absolute Gasteiger partial charge is 0.467 e. The number of nitro benzene ring substituents is 1. The number of ether oxygens (including phenoxy) is 3. The second-order valence-corrected chi connectivity index (χ2v) is 7.41. The van der Waals surface area contributed by atoms with Crippen molar-refractivity contribution in [3.8, 4) is 11.4 Å². The number of aromatic nitrogens is 2. The van der Waals surface area contributed by atoms with Crippen LogP contribution in [-0.2, 0) is 35.5 Å². The van der Waals surface area contributed by atoms with Crippen LogP contribution in [0.15, 0.2) is 42.5 Å². The van der Waals surface area contributed by atoms with Crippen LogP contribution in [0, 0.1) is 10.1 Å². The van der Waals surface area contributed by atoms with Gasteiger partial charge in [0, 0.05) is 34.5 Å². The molecule has 0 amide bonds. The molecule has 2 aromatic carbocycles. The third-order valence-corrected chi connectivity index (χ3v) is 5.47. The molecule has 0 saturated carbocycles. The molecule has 2 heterocycles. The molecular formula is C22H19N3O6. The second-order valence-electron chi connectivity index (χ2n) is 7.41. The predicted molar refractivity (Wildman–Crippen MR) is 108 cm³/mol. The fourth-order valence-corrected chi connectivity index (χ4v) is 4.09. The predicted octanol–water partition coefficient (Wildman–Crippen LogP) is 3.49. The lowest BCUT2D eigenvalue weighted by atomic mass is 10.1. The van der Waals surface area contributed by atoms with E-state index in [-0.39, 0.29) is 25.7 Å². The van der Waals surface area contributed by atoms with Gasteiger partial charge in [0.15, 0.2) is 12.5 Å². The van der Waals surface area contributed by atoms with Crippen molar-refractivity contribution in [3.05, 3.63) is 80.7 Å². The van der Waals surface area contributed by atoms with E-state index in [4.69, 9.17) is 14.2 Å². The molecule has 9 nitrogen and oxygen atoms in total. The summed E-state index contributed by atoms with van der Waals surface area (Å²) in [5.74, 6) is -0.0927. The Morgan fingerprint density at radius 3 is 2.87 bits per heavy atom. The molecule has 2 aliphatic rings. The first-order chi connectivity index (χ1) is 15.1. The van der Waals surface area contributed by atoms with Crippen LogP contribution in [0.2, 0.25) is 0 Å². The zero-order valence-electron chi connectivity index (χ0n) is 16.6. The van der Waals surface area contributed by atoms with Gasteiger partial charge in [-0.1, -0.05) is 18.2 Å². The Morgan fingerprint density at radius 1 is 1.23 bits per heavy atom. The minimum atomic E-state index is -0.555. The number of nitro groups is 1. The van der Waals surface area contributed by atoms with E-state index in [0.29, 0.717) is 22.6 Å². The Morgan fingerprint density at radius 2 is 2.06 bits per heavy atom. The minimum absolute atomic E-state index is 0.0424. The Kier molecular flexibility index (Phi) is 4.87. The summed E-state index contributed by atoms with van der Waals surface area (Å²) in [6, 6.07) is 12.4. The SMILES string of the molecule is O=C(OCc1cc([N+](=O)[O-])cc2c1OCOC2)c1nn(-c2ccccc2)c2c1CCC2. The monoisotopic (exact) mass is 421 g/mol. The molecule has 0 saturated heterocycles. The maximum Gasteiger partial charge on any atom is 0.359 e. The number of carbonyl (C=O) groups is 1. The van der Waals surface area contributed by atoms with Crippen LogP contribution < -0.4 is 4.74 Å². The molecule has 0 spiro atoms. The van der Waals surface area contributed by atoms with E-state index in [1.165, 1.54) is 12.1 Å². The van der Waals surface area contributed by atoms with Crippen LogP contribution in [0.4, 0.5) is 5.69 Å². The average molecular weight is 421 g/mol. The molecule has 5 rings (SSSR count). The van der Waals surface area contributed by atoms with E-state index in [1.807, 2.05) is 30.3 Å². The average Bonchev–Trinajstić information content (AvgIpc) is 3.40. The first kappa shape index (κ1) is 19.3. The molecule has 0 atom stereocenters. The van der Waals surface area contributed by atoms with E-state index in [9.17, 15) is 14.9 Å². The number of fused-ring (bicyclic) bond motifs is 2. The summed E-state index contributed by atoms with van der Waals surface area (Å²) in [4.78, 5) is 23.7. The first-order valence-corrected chi connectivity index (χ1v) is 9.96. The summed E-state index contributed by atoms with van der Waals surface area (Å²) in [7, 11) is 0. The lowest BCUT2D eigenvalue weighted by Gasteiger charge is -2.20. The topological polar surface area (TPSA) is 106 Å². The highest BCUT2D eigenvalue weighted by molar-refractivity contribution is 5.89. The van der Waals surface area contributed by atoms with Gasteiger partial charge in [0.25, 0.3) is 5.69 Å². The van der Waals surface area contributed by atoms with Crippen molar-refractivity contribution in [2.24, 2.45) is 0 Å². The third-order valence-electron chi connectivity index (χ3n) is 5.47. The van der Waals surface area contributed by atoms with Crippen molar-refractivity contribution in [3.63, 3.8) is 0 Å². The van der Waals surface area contributed by atoms with E-state index in [2.05, 4.69) is 5.10 Å². The molecular weight excluding hydrogens is 402 g/mol. The Bertz CT molecular complexity index is 1170. The number of hydrogen-bond acceptors (Lipinski definition) is 7. The fourth-order valence-electron chi connectivity index (χ4n) is 4.09.